The van der Waals surface area contributed by atoms with Crippen molar-refractivity contribution < 1.29 is 9.59 Å². The second-order valence-electron chi connectivity index (χ2n) is 8.51. The molecular weight excluding hydrogens is 388 g/mol. The van der Waals surface area contributed by atoms with Gasteiger partial charge in [0.1, 0.15) is 0 Å². The fourth-order valence-corrected chi connectivity index (χ4v) is 4.05. The van der Waals surface area contributed by atoms with Crippen LogP contribution in [0.5, 0.6) is 0 Å². The molecule has 0 aliphatic carbocycles. The number of hydrogen-bond donors (Lipinski definition) is 2. The minimum Gasteiger partial charge on any atom is -0.346 e. The molecule has 1 heterocycles. The van der Waals surface area contributed by atoms with E-state index in [2.05, 4.69) is 51.6 Å². The summed E-state index contributed by atoms with van der Waals surface area (Å²) in [4.78, 5) is 29.5. The number of carbonyl (C=O) groups excluding carboxylic acids is 2. The number of carbonyl (C=O) groups is 2. The van der Waals surface area contributed by atoms with E-state index >= 15 is 0 Å². The highest BCUT2D eigenvalue weighted by Crippen LogP contribution is 2.19. The van der Waals surface area contributed by atoms with E-state index in [-0.39, 0.29) is 24.4 Å². The number of amides is 2. The fraction of sp³-hybridized carbons (Fsp3) is 0.440. The van der Waals surface area contributed by atoms with Crippen molar-refractivity contribution in [1.29, 1.82) is 0 Å². The molecule has 1 atom stereocenters. The fourth-order valence-electron chi connectivity index (χ4n) is 4.05. The normalized spacial score (nSPS) is 16.0. The standard InChI is InChI=1S/C25H34N4O2/c1-18-7-5-10-22(15-18)17-28-11-13-29(14-12-28)21(4)25(31)26-16-23(30)27-24-19(2)8-6-9-20(24)3/h5-10,15,21H,11-14,16-17H2,1-4H3,(H,26,31)(H,27,30). The first-order valence-corrected chi connectivity index (χ1v) is 11.0. The SMILES string of the molecule is Cc1cccc(CN2CCN(C(C)C(=O)NCC(=O)Nc3c(C)cccc3C)CC2)c1. The van der Waals surface area contributed by atoms with Gasteiger partial charge in [0.15, 0.2) is 0 Å². The van der Waals surface area contributed by atoms with Gasteiger partial charge in [0, 0.05) is 38.4 Å². The number of rotatable bonds is 7. The Morgan fingerprint density at radius 2 is 1.61 bits per heavy atom. The van der Waals surface area contributed by atoms with E-state index in [1.165, 1.54) is 11.1 Å². The minimum absolute atomic E-state index is 0.0235. The first-order valence-electron chi connectivity index (χ1n) is 11.0. The molecule has 166 valence electrons. The van der Waals surface area contributed by atoms with Crippen molar-refractivity contribution >= 4 is 17.5 Å². The van der Waals surface area contributed by atoms with Gasteiger partial charge in [-0.05, 0) is 44.4 Å². The first-order chi connectivity index (χ1) is 14.8. The summed E-state index contributed by atoms with van der Waals surface area (Å²) in [6.45, 7) is 12.4. The molecule has 0 bridgehead atoms. The molecule has 0 spiro atoms. The average molecular weight is 423 g/mol. The number of nitrogens with one attached hydrogen (secondary N) is 2. The lowest BCUT2D eigenvalue weighted by Crippen LogP contribution is -2.54. The number of nitrogens with zero attached hydrogens (tertiary/aromatic N) is 2. The summed E-state index contributed by atoms with van der Waals surface area (Å²) in [5.41, 5.74) is 5.45. The average Bonchev–Trinajstić information content (AvgIpc) is 2.75. The highest BCUT2D eigenvalue weighted by atomic mass is 16.2. The zero-order chi connectivity index (χ0) is 22.4. The maximum Gasteiger partial charge on any atom is 0.243 e. The van der Waals surface area contributed by atoms with Crippen LogP contribution in [0.15, 0.2) is 42.5 Å². The molecule has 1 unspecified atom stereocenters. The van der Waals surface area contributed by atoms with Gasteiger partial charge in [0.2, 0.25) is 11.8 Å². The molecule has 2 aromatic rings. The molecule has 6 heteroatoms. The van der Waals surface area contributed by atoms with Crippen LogP contribution in [0.3, 0.4) is 0 Å². The van der Waals surface area contributed by atoms with E-state index in [0.717, 1.165) is 49.5 Å². The molecule has 1 fully saturated rings. The van der Waals surface area contributed by atoms with Crippen LogP contribution in [0.4, 0.5) is 5.69 Å². The third kappa shape index (κ3) is 6.39. The molecule has 2 N–H and O–H groups in total. The van der Waals surface area contributed by atoms with Crippen molar-refractivity contribution in [1.82, 2.24) is 15.1 Å². The number of anilines is 1. The Labute approximate surface area is 185 Å². The molecular formula is C25H34N4O2. The van der Waals surface area contributed by atoms with Crippen LogP contribution in [0.1, 0.15) is 29.2 Å². The molecule has 0 saturated carbocycles. The van der Waals surface area contributed by atoms with Gasteiger partial charge in [-0.25, -0.2) is 0 Å². The van der Waals surface area contributed by atoms with Gasteiger partial charge in [-0.2, -0.15) is 0 Å². The molecule has 2 aromatic carbocycles. The highest BCUT2D eigenvalue weighted by molar-refractivity contribution is 5.96. The Morgan fingerprint density at radius 3 is 2.26 bits per heavy atom. The summed E-state index contributed by atoms with van der Waals surface area (Å²) in [7, 11) is 0. The van der Waals surface area contributed by atoms with Crippen LogP contribution >= 0.6 is 0 Å². The van der Waals surface area contributed by atoms with Crippen LogP contribution in [-0.2, 0) is 16.1 Å². The lowest BCUT2D eigenvalue weighted by atomic mass is 10.1. The summed E-state index contributed by atoms with van der Waals surface area (Å²) in [5, 5.41) is 5.70. The summed E-state index contributed by atoms with van der Waals surface area (Å²) < 4.78 is 0. The summed E-state index contributed by atoms with van der Waals surface area (Å²) in [5.74, 6) is -0.315. The molecule has 0 radical (unpaired) electrons. The van der Waals surface area contributed by atoms with Gasteiger partial charge >= 0.3 is 0 Å². The molecule has 1 aliphatic rings. The minimum atomic E-state index is -0.255. The number of hydrogen-bond acceptors (Lipinski definition) is 4. The van der Waals surface area contributed by atoms with Gasteiger partial charge in [-0.1, -0.05) is 48.0 Å². The Morgan fingerprint density at radius 1 is 0.968 bits per heavy atom. The molecule has 1 aliphatic heterocycles. The highest BCUT2D eigenvalue weighted by Gasteiger charge is 2.25. The van der Waals surface area contributed by atoms with Gasteiger partial charge in [0.25, 0.3) is 0 Å². The Bertz CT molecular complexity index is 899. The molecule has 31 heavy (non-hydrogen) atoms. The van der Waals surface area contributed by atoms with E-state index < -0.39 is 0 Å². The van der Waals surface area contributed by atoms with E-state index in [0.29, 0.717) is 0 Å². The second kappa shape index (κ2) is 10.6. The monoisotopic (exact) mass is 422 g/mol. The van der Waals surface area contributed by atoms with Crippen LogP contribution < -0.4 is 10.6 Å². The van der Waals surface area contributed by atoms with E-state index in [4.69, 9.17) is 0 Å². The van der Waals surface area contributed by atoms with Gasteiger partial charge in [0.05, 0.1) is 12.6 Å². The maximum atomic E-state index is 12.6. The predicted octanol–water partition coefficient (Wildman–Crippen LogP) is 2.87. The van der Waals surface area contributed by atoms with Crippen molar-refractivity contribution in [3.63, 3.8) is 0 Å². The number of aryl methyl sites for hydroxylation is 3. The largest absolute Gasteiger partial charge is 0.346 e. The van der Waals surface area contributed by atoms with Crippen molar-refractivity contribution in [2.45, 2.75) is 40.3 Å². The molecule has 3 rings (SSSR count). The third-order valence-corrected chi connectivity index (χ3v) is 5.99. The maximum absolute atomic E-state index is 12.6. The van der Waals surface area contributed by atoms with Crippen molar-refractivity contribution in [2.75, 3.05) is 38.0 Å². The van der Waals surface area contributed by atoms with Crippen molar-refractivity contribution in [3.05, 3.63) is 64.7 Å². The molecule has 0 aromatic heterocycles. The van der Waals surface area contributed by atoms with E-state index in [9.17, 15) is 9.59 Å². The second-order valence-corrected chi connectivity index (χ2v) is 8.51. The van der Waals surface area contributed by atoms with Crippen molar-refractivity contribution in [2.24, 2.45) is 0 Å². The van der Waals surface area contributed by atoms with Crippen LogP contribution in [0, 0.1) is 20.8 Å². The lowest BCUT2D eigenvalue weighted by molar-refractivity contribution is -0.128. The van der Waals surface area contributed by atoms with Gasteiger partial charge < -0.3 is 10.6 Å². The van der Waals surface area contributed by atoms with Gasteiger partial charge in [-0.3, -0.25) is 19.4 Å². The zero-order valence-electron chi connectivity index (χ0n) is 19.1. The van der Waals surface area contributed by atoms with E-state index in [1.54, 1.807) is 0 Å². The van der Waals surface area contributed by atoms with Crippen LogP contribution in [0.25, 0.3) is 0 Å². The lowest BCUT2D eigenvalue weighted by Gasteiger charge is -2.37. The topological polar surface area (TPSA) is 64.7 Å². The predicted molar refractivity (Wildman–Crippen MR) is 125 cm³/mol. The zero-order valence-corrected chi connectivity index (χ0v) is 19.1. The van der Waals surface area contributed by atoms with Gasteiger partial charge in [-0.15, -0.1) is 0 Å². The third-order valence-electron chi connectivity index (χ3n) is 5.99. The molecule has 6 nitrogen and oxygen atoms in total. The summed E-state index contributed by atoms with van der Waals surface area (Å²) in [6, 6.07) is 14.2. The van der Waals surface area contributed by atoms with Crippen molar-refractivity contribution in [3.8, 4) is 0 Å². The summed E-state index contributed by atoms with van der Waals surface area (Å²) >= 11 is 0. The Hall–Kier alpha value is -2.70. The molecule has 2 amide bonds. The van der Waals surface area contributed by atoms with Crippen LogP contribution in [0.2, 0.25) is 0 Å². The summed E-state index contributed by atoms with van der Waals surface area (Å²) in [6.07, 6.45) is 0. The Kier molecular flexibility index (Phi) is 7.82. The van der Waals surface area contributed by atoms with E-state index in [1.807, 2.05) is 39.0 Å². The first kappa shape index (κ1) is 23.0. The quantitative estimate of drug-likeness (QED) is 0.720. The Balaban J connectivity index is 1.42. The smallest absolute Gasteiger partial charge is 0.243 e. The number of piperazine rings is 1. The van der Waals surface area contributed by atoms with Crippen LogP contribution in [-0.4, -0.2) is 60.4 Å². The molecule has 1 saturated heterocycles. The number of para-hydroxylation sites is 1. The number of benzene rings is 2.